The highest BCUT2D eigenvalue weighted by Gasteiger charge is 2.18. The maximum Gasteiger partial charge on any atom is 0.140 e. The number of aliphatic imine (C=N–C) groups is 1. The monoisotopic (exact) mass is 516 g/mol. The molecule has 0 amide bonds. The van der Waals surface area contributed by atoms with E-state index in [0.29, 0.717) is 13.0 Å². The number of hydrogen-bond donors (Lipinski definition) is 0. The molecule has 1 aromatic carbocycles. The first-order chi connectivity index (χ1) is 16.5. The first-order valence-electron chi connectivity index (χ1n) is 11.4. The van der Waals surface area contributed by atoms with Crippen molar-refractivity contribution in [2.45, 2.75) is 27.2 Å². The van der Waals surface area contributed by atoms with Crippen LogP contribution in [-0.2, 0) is 0 Å². The zero-order valence-electron chi connectivity index (χ0n) is 20.0. The molecule has 0 spiro atoms. The van der Waals surface area contributed by atoms with Crippen molar-refractivity contribution < 1.29 is 4.74 Å². The van der Waals surface area contributed by atoms with Gasteiger partial charge in [-0.15, -0.1) is 0 Å². The number of ether oxygens (including phenoxy) is 1. The van der Waals surface area contributed by atoms with Crippen LogP contribution in [0.1, 0.15) is 35.9 Å². The number of aromatic nitrogens is 3. The summed E-state index contributed by atoms with van der Waals surface area (Å²) in [6.07, 6.45) is 5.01. The molecule has 0 N–H and O–H groups in total. The second-order valence-corrected chi connectivity index (χ2v) is 8.97. The van der Waals surface area contributed by atoms with E-state index in [0.717, 1.165) is 61.9 Å². The number of imidazole rings is 1. The average Bonchev–Trinajstić information content (AvgIpc) is 3.25. The molecule has 34 heavy (non-hydrogen) atoms. The zero-order valence-corrected chi connectivity index (χ0v) is 21.6. The van der Waals surface area contributed by atoms with Crippen LogP contribution in [0.5, 0.6) is 5.75 Å². The lowest BCUT2D eigenvalue weighted by Crippen LogP contribution is -2.02. The number of benzene rings is 1. The number of halogens is 1. The molecule has 174 valence electrons. The van der Waals surface area contributed by atoms with E-state index in [1.807, 2.05) is 44.3 Å². The first kappa shape index (κ1) is 23.9. The summed E-state index contributed by atoms with van der Waals surface area (Å²) in [5, 5.41) is 0.809. The molecule has 4 rings (SSSR count). The predicted molar refractivity (Wildman–Crippen MR) is 144 cm³/mol. The van der Waals surface area contributed by atoms with Crippen molar-refractivity contribution in [3.8, 4) is 17.1 Å². The van der Waals surface area contributed by atoms with Crippen molar-refractivity contribution >= 4 is 32.9 Å². The minimum atomic E-state index is 0.646. The lowest BCUT2D eigenvalue weighted by Gasteiger charge is -2.09. The number of nitrogens with zero attached hydrogens (tertiary/aromatic N) is 4. The van der Waals surface area contributed by atoms with Gasteiger partial charge in [-0.05, 0) is 79.9 Å². The number of hydrogen-bond acceptors (Lipinski definition) is 4. The van der Waals surface area contributed by atoms with Crippen LogP contribution in [0.25, 0.3) is 22.6 Å². The molecule has 5 nitrogen and oxygen atoms in total. The van der Waals surface area contributed by atoms with Gasteiger partial charge >= 0.3 is 0 Å². The molecule has 0 unspecified atom stereocenters. The summed E-state index contributed by atoms with van der Waals surface area (Å²) in [6, 6.07) is 18.3. The largest absolute Gasteiger partial charge is 0.493 e. The Kier molecular flexibility index (Phi) is 7.58. The molecule has 3 heterocycles. The minimum absolute atomic E-state index is 0.646. The SMILES string of the molecule is CN=C(C/C=C(\C)c1c(-c2cccc(C)n2)nc2c(C)cccn12)c1ccc(OCCBr)cc1. The normalized spacial score (nSPS) is 12.4. The Hall–Kier alpha value is -3.25. The van der Waals surface area contributed by atoms with Gasteiger partial charge in [-0.2, -0.15) is 0 Å². The number of rotatable bonds is 8. The quantitative estimate of drug-likeness (QED) is 0.193. The molecule has 0 saturated heterocycles. The lowest BCUT2D eigenvalue weighted by molar-refractivity contribution is 0.345. The summed E-state index contributed by atoms with van der Waals surface area (Å²) in [5.74, 6) is 0.863. The van der Waals surface area contributed by atoms with Gasteiger partial charge < -0.3 is 4.74 Å². The van der Waals surface area contributed by atoms with Gasteiger partial charge in [0.2, 0.25) is 0 Å². The number of alkyl halides is 1. The molecular weight excluding hydrogens is 488 g/mol. The second kappa shape index (κ2) is 10.8. The van der Waals surface area contributed by atoms with Crippen LogP contribution in [0.15, 0.2) is 71.9 Å². The summed E-state index contributed by atoms with van der Waals surface area (Å²) in [7, 11) is 1.84. The first-order valence-corrected chi connectivity index (χ1v) is 12.5. The Morgan fingerprint density at radius 3 is 2.56 bits per heavy atom. The van der Waals surface area contributed by atoms with E-state index < -0.39 is 0 Å². The van der Waals surface area contributed by atoms with Crippen LogP contribution >= 0.6 is 15.9 Å². The van der Waals surface area contributed by atoms with Gasteiger partial charge in [-0.25, -0.2) is 4.98 Å². The third kappa shape index (κ3) is 5.12. The summed E-state index contributed by atoms with van der Waals surface area (Å²) >= 11 is 3.39. The van der Waals surface area contributed by atoms with E-state index in [1.165, 1.54) is 0 Å². The molecular formula is C28H29BrN4O. The van der Waals surface area contributed by atoms with Gasteiger partial charge in [-0.1, -0.05) is 34.1 Å². The highest BCUT2D eigenvalue weighted by atomic mass is 79.9. The predicted octanol–water partition coefficient (Wildman–Crippen LogP) is 6.70. The molecule has 0 atom stereocenters. The van der Waals surface area contributed by atoms with Crippen molar-refractivity contribution in [3.05, 3.63) is 89.4 Å². The second-order valence-electron chi connectivity index (χ2n) is 8.18. The molecule has 0 bridgehead atoms. The Bertz CT molecular complexity index is 1350. The summed E-state index contributed by atoms with van der Waals surface area (Å²) in [4.78, 5) is 14.3. The fraction of sp³-hybridized carbons (Fsp3) is 0.250. The van der Waals surface area contributed by atoms with Gasteiger partial charge in [0, 0.05) is 36.4 Å². The number of fused-ring (bicyclic) bond motifs is 1. The van der Waals surface area contributed by atoms with Gasteiger partial charge in [-0.3, -0.25) is 14.4 Å². The highest BCUT2D eigenvalue weighted by Crippen LogP contribution is 2.30. The Labute approximate surface area is 209 Å². The fourth-order valence-electron chi connectivity index (χ4n) is 4.02. The van der Waals surface area contributed by atoms with Crippen molar-refractivity contribution in [2.75, 3.05) is 19.0 Å². The fourth-order valence-corrected chi connectivity index (χ4v) is 4.18. The maximum absolute atomic E-state index is 5.67. The lowest BCUT2D eigenvalue weighted by atomic mass is 10.0. The molecule has 4 aromatic rings. The summed E-state index contributed by atoms with van der Waals surface area (Å²) < 4.78 is 7.84. The molecule has 0 aliphatic heterocycles. The van der Waals surface area contributed by atoms with Gasteiger partial charge in [0.15, 0.2) is 0 Å². The van der Waals surface area contributed by atoms with E-state index in [4.69, 9.17) is 14.7 Å². The average molecular weight is 517 g/mol. The van der Waals surface area contributed by atoms with Gasteiger partial charge in [0.05, 0.1) is 18.0 Å². The van der Waals surface area contributed by atoms with Gasteiger partial charge in [0.1, 0.15) is 17.1 Å². The maximum atomic E-state index is 5.67. The molecule has 0 fully saturated rings. The van der Waals surface area contributed by atoms with Crippen LogP contribution in [0, 0.1) is 13.8 Å². The Balaban J connectivity index is 1.69. The van der Waals surface area contributed by atoms with E-state index in [2.05, 4.69) is 75.7 Å². The molecule has 3 aromatic heterocycles. The summed E-state index contributed by atoms with van der Waals surface area (Å²) in [5.41, 5.74) is 9.15. The zero-order chi connectivity index (χ0) is 24.1. The Morgan fingerprint density at radius 2 is 1.85 bits per heavy atom. The van der Waals surface area contributed by atoms with Crippen molar-refractivity contribution in [1.29, 1.82) is 0 Å². The third-order valence-corrected chi connectivity index (χ3v) is 6.08. The highest BCUT2D eigenvalue weighted by molar-refractivity contribution is 9.09. The minimum Gasteiger partial charge on any atom is -0.493 e. The third-order valence-electron chi connectivity index (χ3n) is 5.75. The van der Waals surface area contributed by atoms with E-state index >= 15 is 0 Å². The van der Waals surface area contributed by atoms with Gasteiger partial charge in [0.25, 0.3) is 0 Å². The van der Waals surface area contributed by atoms with E-state index in [1.54, 1.807) is 0 Å². The van der Waals surface area contributed by atoms with E-state index in [-0.39, 0.29) is 0 Å². The molecule has 6 heteroatoms. The molecule has 0 aliphatic carbocycles. The Morgan fingerprint density at radius 1 is 1.06 bits per heavy atom. The number of allylic oxidation sites excluding steroid dienone is 2. The standard InChI is InChI=1S/C28H29BrN4O/c1-19(10-15-24(30-4)22-11-13-23(14-12-22)34-18-16-29)27-26(25-9-5-8-21(3)31-25)32-28-20(2)7-6-17-33(27)28/h5-14,17H,15-16,18H2,1-4H3/b19-10+,30-24?. The molecule has 0 saturated carbocycles. The smallest absolute Gasteiger partial charge is 0.140 e. The van der Waals surface area contributed by atoms with Crippen LogP contribution in [0.2, 0.25) is 0 Å². The number of pyridine rings is 2. The van der Waals surface area contributed by atoms with Crippen LogP contribution < -0.4 is 4.74 Å². The molecule has 0 radical (unpaired) electrons. The van der Waals surface area contributed by atoms with Crippen LogP contribution in [0.4, 0.5) is 0 Å². The van der Waals surface area contributed by atoms with Crippen molar-refractivity contribution in [2.24, 2.45) is 4.99 Å². The molecule has 0 aliphatic rings. The number of aryl methyl sites for hydroxylation is 2. The van der Waals surface area contributed by atoms with Crippen LogP contribution in [-0.4, -0.2) is 39.1 Å². The topological polar surface area (TPSA) is 51.8 Å². The summed E-state index contributed by atoms with van der Waals surface area (Å²) in [6.45, 7) is 6.88. The van der Waals surface area contributed by atoms with E-state index in [9.17, 15) is 0 Å². The van der Waals surface area contributed by atoms with Crippen molar-refractivity contribution in [1.82, 2.24) is 14.4 Å². The van der Waals surface area contributed by atoms with Crippen molar-refractivity contribution in [3.63, 3.8) is 0 Å². The van der Waals surface area contributed by atoms with Crippen LogP contribution in [0.3, 0.4) is 0 Å².